The number of carbonyl (C=O) groups excluding carboxylic acids is 3. The Kier molecular flexibility index (Phi) is 6.72. The lowest BCUT2D eigenvalue weighted by Crippen LogP contribution is -2.32. The first kappa shape index (κ1) is 20.2. The fraction of sp³-hybridized carbons (Fsp3) is 0. The Labute approximate surface area is 175 Å². The molecule has 0 aliphatic heterocycles. The molecule has 1 heterocycles. The van der Waals surface area contributed by atoms with Crippen LogP contribution in [-0.4, -0.2) is 24.0 Å². The fourth-order valence-corrected chi connectivity index (χ4v) is 2.91. The van der Waals surface area contributed by atoms with Gasteiger partial charge >= 0.3 is 17.8 Å². The lowest BCUT2D eigenvalue weighted by Gasteiger charge is -2.05. The summed E-state index contributed by atoms with van der Waals surface area (Å²) in [6.07, 6.45) is 1.35. The van der Waals surface area contributed by atoms with Gasteiger partial charge < -0.3 is 10.1 Å². The van der Waals surface area contributed by atoms with Crippen molar-refractivity contribution in [3.8, 4) is 5.75 Å². The van der Waals surface area contributed by atoms with Crippen LogP contribution in [0.3, 0.4) is 0 Å². The van der Waals surface area contributed by atoms with Crippen molar-refractivity contribution >= 4 is 52.6 Å². The van der Waals surface area contributed by atoms with Crippen LogP contribution in [0.25, 0.3) is 0 Å². The number of nitrogens with zero attached hydrogens (tertiary/aromatic N) is 1. The molecule has 0 radical (unpaired) electrons. The smallest absolute Gasteiger partial charge is 0.353 e. The molecule has 2 amide bonds. The normalized spacial score (nSPS) is 10.5. The summed E-state index contributed by atoms with van der Waals surface area (Å²) >= 11 is 7.22. The second kappa shape index (κ2) is 9.63. The Morgan fingerprint density at radius 1 is 0.966 bits per heavy atom. The van der Waals surface area contributed by atoms with Crippen LogP contribution < -0.4 is 15.5 Å². The van der Waals surface area contributed by atoms with E-state index in [0.29, 0.717) is 26.9 Å². The van der Waals surface area contributed by atoms with Crippen LogP contribution in [0.1, 0.15) is 15.2 Å². The van der Waals surface area contributed by atoms with Gasteiger partial charge in [-0.1, -0.05) is 29.8 Å². The summed E-state index contributed by atoms with van der Waals surface area (Å²) in [5.74, 6) is -1.89. The molecule has 2 N–H and O–H groups in total. The number of hydrogen-bond acceptors (Lipinski definition) is 6. The Hall–Kier alpha value is -3.49. The maximum Gasteiger partial charge on any atom is 0.353 e. The van der Waals surface area contributed by atoms with Crippen molar-refractivity contribution in [2.24, 2.45) is 5.10 Å². The highest BCUT2D eigenvalue weighted by atomic mass is 35.5. The third-order valence-electron chi connectivity index (χ3n) is 3.52. The van der Waals surface area contributed by atoms with E-state index >= 15 is 0 Å². The van der Waals surface area contributed by atoms with Crippen molar-refractivity contribution in [2.45, 2.75) is 0 Å². The molecule has 0 saturated carbocycles. The van der Waals surface area contributed by atoms with Crippen molar-refractivity contribution in [2.75, 3.05) is 5.32 Å². The number of anilines is 1. The van der Waals surface area contributed by atoms with E-state index in [-0.39, 0.29) is 0 Å². The number of nitrogens with one attached hydrogen (secondary N) is 2. The highest BCUT2D eigenvalue weighted by Crippen LogP contribution is 2.20. The van der Waals surface area contributed by atoms with Crippen molar-refractivity contribution in [3.63, 3.8) is 0 Å². The number of halogens is 1. The zero-order valence-electron chi connectivity index (χ0n) is 14.8. The third-order valence-corrected chi connectivity index (χ3v) is 4.70. The fourth-order valence-electron chi connectivity index (χ4n) is 2.13. The molecular weight excluding hydrogens is 414 g/mol. The van der Waals surface area contributed by atoms with Gasteiger partial charge in [-0.25, -0.2) is 10.2 Å². The molecule has 0 aliphatic carbocycles. The second-order valence-corrected chi connectivity index (χ2v) is 6.92. The third kappa shape index (κ3) is 5.74. The zero-order valence-corrected chi connectivity index (χ0v) is 16.4. The number of esters is 1. The van der Waals surface area contributed by atoms with E-state index in [0.717, 1.165) is 0 Å². The monoisotopic (exact) mass is 427 g/mol. The minimum absolute atomic E-state index is 0.317. The molecule has 3 aromatic rings. The van der Waals surface area contributed by atoms with Crippen molar-refractivity contribution < 1.29 is 19.1 Å². The summed E-state index contributed by atoms with van der Waals surface area (Å²) in [5, 5.41) is 8.23. The van der Waals surface area contributed by atoms with Crippen LogP contribution in [-0.2, 0) is 9.59 Å². The molecular formula is C20H14ClN3O4S. The van der Waals surface area contributed by atoms with Gasteiger partial charge in [-0.3, -0.25) is 9.59 Å². The maximum absolute atomic E-state index is 11.9. The number of rotatable bonds is 5. The number of para-hydroxylation sites is 1. The lowest BCUT2D eigenvalue weighted by atomic mass is 10.2. The molecule has 0 fully saturated rings. The second-order valence-electron chi connectivity index (χ2n) is 5.57. The van der Waals surface area contributed by atoms with Gasteiger partial charge in [0.05, 0.1) is 16.9 Å². The summed E-state index contributed by atoms with van der Waals surface area (Å²) in [4.78, 5) is 36.0. The lowest BCUT2D eigenvalue weighted by molar-refractivity contribution is -0.136. The topological polar surface area (TPSA) is 96.9 Å². The van der Waals surface area contributed by atoms with Gasteiger partial charge in [-0.2, -0.15) is 5.10 Å². The first-order valence-corrected chi connectivity index (χ1v) is 9.53. The van der Waals surface area contributed by atoms with Gasteiger partial charge in [0.2, 0.25) is 0 Å². The van der Waals surface area contributed by atoms with Gasteiger partial charge in [0.25, 0.3) is 0 Å². The van der Waals surface area contributed by atoms with E-state index in [1.165, 1.54) is 17.6 Å². The van der Waals surface area contributed by atoms with Crippen LogP contribution in [0.4, 0.5) is 5.69 Å². The van der Waals surface area contributed by atoms with Crippen LogP contribution >= 0.6 is 22.9 Å². The maximum atomic E-state index is 11.9. The predicted octanol–water partition coefficient (Wildman–Crippen LogP) is 3.71. The number of ether oxygens (including phenoxy) is 1. The number of hydrazone groups is 1. The minimum Gasteiger partial charge on any atom is -0.422 e. The van der Waals surface area contributed by atoms with Gasteiger partial charge in [-0.15, -0.1) is 11.3 Å². The summed E-state index contributed by atoms with van der Waals surface area (Å²) in [6, 6.07) is 16.5. The molecule has 0 bridgehead atoms. The van der Waals surface area contributed by atoms with Crippen molar-refractivity contribution in [1.82, 2.24) is 5.43 Å². The van der Waals surface area contributed by atoms with Crippen molar-refractivity contribution in [1.29, 1.82) is 0 Å². The Morgan fingerprint density at radius 3 is 2.41 bits per heavy atom. The molecule has 0 unspecified atom stereocenters. The molecule has 0 saturated heterocycles. The average molecular weight is 428 g/mol. The highest BCUT2D eigenvalue weighted by molar-refractivity contribution is 7.12. The number of thiophene rings is 1. The molecule has 1 aromatic heterocycles. The standard InChI is InChI=1S/C20H14ClN3O4S/c21-15-4-1-2-5-16(15)23-18(25)19(26)24-22-12-13-7-9-14(10-8-13)28-20(27)17-6-3-11-29-17/h1-12H,(H,23,25)(H,24,26)/b22-12-. The Bertz CT molecular complexity index is 1050. The van der Waals surface area contributed by atoms with Crippen LogP contribution in [0.5, 0.6) is 5.75 Å². The molecule has 146 valence electrons. The van der Waals surface area contributed by atoms with E-state index in [2.05, 4.69) is 15.8 Å². The van der Waals surface area contributed by atoms with E-state index in [1.807, 2.05) is 0 Å². The number of amides is 2. The van der Waals surface area contributed by atoms with Gasteiger partial charge in [0.15, 0.2) is 0 Å². The highest BCUT2D eigenvalue weighted by Gasteiger charge is 2.14. The summed E-state index contributed by atoms with van der Waals surface area (Å²) in [5.41, 5.74) is 3.08. The summed E-state index contributed by atoms with van der Waals surface area (Å²) < 4.78 is 5.25. The SMILES string of the molecule is O=C(N/N=C\c1ccc(OC(=O)c2cccs2)cc1)C(=O)Nc1ccccc1Cl. The molecule has 0 aliphatic rings. The van der Waals surface area contributed by atoms with Crippen LogP contribution in [0.15, 0.2) is 71.1 Å². The molecule has 3 rings (SSSR count). The predicted molar refractivity (Wildman–Crippen MR) is 112 cm³/mol. The molecule has 0 spiro atoms. The number of carbonyl (C=O) groups is 3. The average Bonchev–Trinajstić information content (AvgIpc) is 3.26. The number of benzene rings is 2. The molecule has 2 aromatic carbocycles. The van der Waals surface area contributed by atoms with Crippen LogP contribution in [0.2, 0.25) is 5.02 Å². The molecule has 9 heteroatoms. The quantitative estimate of drug-likeness (QED) is 0.213. The van der Waals surface area contributed by atoms with E-state index in [1.54, 1.807) is 66.0 Å². The minimum atomic E-state index is -0.942. The molecule has 7 nitrogen and oxygen atoms in total. The van der Waals surface area contributed by atoms with Crippen LogP contribution in [0, 0.1) is 0 Å². The Morgan fingerprint density at radius 2 is 1.72 bits per heavy atom. The van der Waals surface area contributed by atoms with E-state index in [4.69, 9.17) is 16.3 Å². The van der Waals surface area contributed by atoms with Crippen molar-refractivity contribution in [3.05, 3.63) is 81.5 Å². The summed E-state index contributed by atoms with van der Waals surface area (Å²) in [6.45, 7) is 0. The zero-order chi connectivity index (χ0) is 20.6. The number of hydrogen-bond donors (Lipinski definition) is 2. The van der Waals surface area contributed by atoms with Gasteiger partial charge in [-0.05, 0) is 53.4 Å². The first-order chi connectivity index (χ1) is 14.0. The van der Waals surface area contributed by atoms with Gasteiger partial charge in [0, 0.05) is 0 Å². The Balaban J connectivity index is 1.50. The molecule has 0 atom stereocenters. The van der Waals surface area contributed by atoms with Gasteiger partial charge in [0.1, 0.15) is 10.6 Å². The molecule has 29 heavy (non-hydrogen) atoms. The summed E-state index contributed by atoms with van der Waals surface area (Å²) in [7, 11) is 0. The van der Waals surface area contributed by atoms with E-state index < -0.39 is 17.8 Å². The first-order valence-electron chi connectivity index (χ1n) is 8.27. The van der Waals surface area contributed by atoms with E-state index in [9.17, 15) is 14.4 Å². The largest absolute Gasteiger partial charge is 0.422 e.